The Balaban J connectivity index is 1.97. The number of carbonyl (C=O) groups is 1. The Hall–Kier alpha value is -3.20. The van der Waals surface area contributed by atoms with Gasteiger partial charge in [-0.2, -0.15) is 5.10 Å². The van der Waals surface area contributed by atoms with Crippen LogP contribution in [0.4, 0.5) is 0 Å². The summed E-state index contributed by atoms with van der Waals surface area (Å²) in [5.41, 5.74) is 0.0253. The highest BCUT2D eigenvalue weighted by atomic mass is 32.2. The average Bonchev–Trinajstić information content (AvgIpc) is 3.18. The predicted molar refractivity (Wildman–Crippen MR) is 111 cm³/mol. The van der Waals surface area contributed by atoms with Crippen LogP contribution in [0.5, 0.6) is 11.5 Å². The number of esters is 1. The topological polar surface area (TPSA) is 104 Å². The Kier molecular flexibility index (Phi) is 6.83. The Morgan fingerprint density at radius 2 is 2.07 bits per heavy atom. The molecule has 1 aromatic carbocycles. The number of aromatic hydroxyl groups is 1. The molecule has 158 valence electrons. The lowest BCUT2D eigenvalue weighted by Gasteiger charge is -2.17. The zero-order chi connectivity index (χ0) is 21.7. The monoisotopic (exact) mass is 430 g/mol. The van der Waals surface area contributed by atoms with Gasteiger partial charge in [0.25, 0.3) is 0 Å². The number of benzene rings is 1. The standard InChI is InChI=1S/C21H22N2O6S/c1-23-15(8-9-22-23)14(11-19(25)28-3)21-20(26)16(24)10-13(29-21)12-30-18-7-5-4-6-17(18)27-2/h4-10,14,26H,11-12H2,1-3H3/t14-/m1/s1. The predicted octanol–water partition coefficient (Wildman–Crippen LogP) is 3.07. The van der Waals surface area contributed by atoms with E-state index in [9.17, 15) is 14.7 Å². The molecule has 0 fully saturated rings. The summed E-state index contributed by atoms with van der Waals surface area (Å²) < 4.78 is 17.6. The van der Waals surface area contributed by atoms with Crippen molar-refractivity contribution in [3.05, 3.63) is 70.0 Å². The highest BCUT2D eigenvalue weighted by molar-refractivity contribution is 7.98. The van der Waals surface area contributed by atoms with E-state index in [0.29, 0.717) is 23.0 Å². The van der Waals surface area contributed by atoms with E-state index in [-0.39, 0.29) is 12.2 Å². The van der Waals surface area contributed by atoms with Crippen LogP contribution in [0.3, 0.4) is 0 Å². The molecule has 0 bridgehead atoms. The van der Waals surface area contributed by atoms with Gasteiger partial charge in [0.1, 0.15) is 11.5 Å². The molecule has 0 radical (unpaired) electrons. The van der Waals surface area contributed by atoms with E-state index >= 15 is 0 Å². The second-order valence-corrected chi connectivity index (χ2v) is 7.46. The van der Waals surface area contributed by atoms with E-state index in [1.54, 1.807) is 31.1 Å². The van der Waals surface area contributed by atoms with Crippen molar-refractivity contribution in [3.63, 3.8) is 0 Å². The molecule has 0 aliphatic rings. The number of thioether (sulfide) groups is 1. The van der Waals surface area contributed by atoms with Gasteiger partial charge in [0.15, 0.2) is 5.76 Å². The van der Waals surface area contributed by atoms with Crippen molar-refractivity contribution in [1.29, 1.82) is 0 Å². The maximum absolute atomic E-state index is 12.4. The molecule has 1 N–H and O–H groups in total. The van der Waals surface area contributed by atoms with E-state index in [1.807, 2.05) is 24.3 Å². The molecule has 0 amide bonds. The van der Waals surface area contributed by atoms with Gasteiger partial charge in [0, 0.05) is 29.9 Å². The lowest BCUT2D eigenvalue weighted by Crippen LogP contribution is -2.16. The summed E-state index contributed by atoms with van der Waals surface area (Å²) in [6, 6.07) is 10.4. The molecule has 3 rings (SSSR count). The van der Waals surface area contributed by atoms with Crippen LogP contribution in [0.25, 0.3) is 0 Å². The number of nitrogens with zero attached hydrogens (tertiary/aromatic N) is 2. The van der Waals surface area contributed by atoms with Crippen LogP contribution in [-0.2, 0) is 22.3 Å². The summed E-state index contributed by atoms with van der Waals surface area (Å²) in [6.45, 7) is 0. The first-order chi connectivity index (χ1) is 14.4. The highest BCUT2D eigenvalue weighted by Crippen LogP contribution is 2.35. The molecule has 30 heavy (non-hydrogen) atoms. The van der Waals surface area contributed by atoms with Gasteiger partial charge in [0.05, 0.1) is 32.3 Å². The van der Waals surface area contributed by atoms with Crippen molar-refractivity contribution >= 4 is 17.7 Å². The van der Waals surface area contributed by atoms with Crippen LogP contribution < -0.4 is 10.2 Å². The summed E-state index contributed by atoms with van der Waals surface area (Å²) in [5, 5.41) is 14.5. The molecule has 0 aliphatic heterocycles. The molecule has 0 unspecified atom stereocenters. The van der Waals surface area contributed by atoms with E-state index in [0.717, 1.165) is 4.90 Å². The van der Waals surface area contributed by atoms with E-state index < -0.39 is 23.1 Å². The van der Waals surface area contributed by atoms with Crippen LogP contribution in [0, 0.1) is 0 Å². The molecule has 8 nitrogen and oxygen atoms in total. The first-order valence-corrected chi connectivity index (χ1v) is 10.1. The Labute approximate surface area is 177 Å². The molecule has 3 aromatic rings. The van der Waals surface area contributed by atoms with Crippen molar-refractivity contribution < 1.29 is 23.8 Å². The van der Waals surface area contributed by atoms with Crippen LogP contribution in [-0.4, -0.2) is 35.1 Å². The zero-order valence-electron chi connectivity index (χ0n) is 16.8. The number of carbonyl (C=O) groups excluding carboxylic acids is 1. The fourth-order valence-electron chi connectivity index (χ4n) is 3.06. The summed E-state index contributed by atoms with van der Waals surface area (Å²) in [5.74, 6) is -0.351. The highest BCUT2D eigenvalue weighted by Gasteiger charge is 2.28. The van der Waals surface area contributed by atoms with E-state index in [4.69, 9.17) is 13.9 Å². The van der Waals surface area contributed by atoms with Gasteiger partial charge in [-0.1, -0.05) is 12.1 Å². The summed E-state index contributed by atoms with van der Waals surface area (Å²) in [6.07, 6.45) is 1.45. The molecule has 0 saturated heterocycles. The summed E-state index contributed by atoms with van der Waals surface area (Å²) in [7, 11) is 4.57. The van der Waals surface area contributed by atoms with Crippen molar-refractivity contribution in [3.8, 4) is 11.5 Å². The maximum atomic E-state index is 12.4. The van der Waals surface area contributed by atoms with Crippen LogP contribution in [0.15, 0.2) is 56.7 Å². The molecule has 0 spiro atoms. The van der Waals surface area contributed by atoms with E-state index in [2.05, 4.69) is 5.10 Å². The maximum Gasteiger partial charge on any atom is 0.306 e. The average molecular weight is 430 g/mol. The third kappa shape index (κ3) is 4.68. The van der Waals surface area contributed by atoms with E-state index in [1.165, 1.54) is 24.9 Å². The van der Waals surface area contributed by atoms with Gasteiger partial charge >= 0.3 is 5.97 Å². The Bertz CT molecular complexity index is 1090. The van der Waals surface area contributed by atoms with Gasteiger partial charge in [0.2, 0.25) is 11.2 Å². The molecule has 0 saturated carbocycles. The Morgan fingerprint density at radius 3 is 2.73 bits per heavy atom. The largest absolute Gasteiger partial charge is 0.502 e. The molecule has 9 heteroatoms. The van der Waals surface area contributed by atoms with Gasteiger partial charge in [-0.3, -0.25) is 14.3 Å². The van der Waals surface area contributed by atoms with Gasteiger partial charge < -0.3 is 19.0 Å². The van der Waals surface area contributed by atoms with Gasteiger partial charge in [-0.25, -0.2) is 0 Å². The summed E-state index contributed by atoms with van der Waals surface area (Å²) >= 11 is 1.43. The lowest BCUT2D eigenvalue weighted by atomic mass is 9.97. The lowest BCUT2D eigenvalue weighted by molar-refractivity contribution is -0.141. The molecule has 0 aliphatic carbocycles. The second-order valence-electron chi connectivity index (χ2n) is 6.44. The number of rotatable bonds is 8. The Morgan fingerprint density at radius 1 is 1.30 bits per heavy atom. The SMILES string of the molecule is COC(=O)C[C@@H](c1oc(CSc2ccccc2OC)cc(=O)c1O)c1ccnn1C. The van der Waals surface area contributed by atoms with Crippen molar-refractivity contribution in [2.75, 3.05) is 14.2 Å². The smallest absolute Gasteiger partial charge is 0.306 e. The molecule has 1 atom stereocenters. The minimum atomic E-state index is -0.728. The fraction of sp³-hybridized carbons (Fsp3) is 0.286. The first-order valence-electron chi connectivity index (χ1n) is 9.11. The van der Waals surface area contributed by atoms with Crippen molar-refractivity contribution in [2.45, 2.75) is 23.0 Å². The number of ether oxygens (including phenoxy) is 2. The number of para-hydroxylation sites is 1. The number of methoxy groups -OCH3 is 2. The van der Waals surface area contributed by atoms with Gasteiger partial charge in [-0.15, -0.1) is 11.8 Å². The molecule has 2 aromatic heterocycles. The van der Waals surface area contributed by atoms with Crippen LogP contribution in [0.2, 0.25) is 0 Å². The zero-order valence-corrected chi connectivity index (χ0v) is 17.6. The second kappa shape index (κ2) is 9.53. The number of hydrogen-bond donors (Lipinski definition) is 1. The van der Waals surface area contributed by atoms with Crippen LogP contribution in [0.1, 0.15) is 29.6 Å². The minimum absolute atomic E-state index is 0.00660. The summed E-state index contributed by atoms with van der Waals surface area (Å²) in [4.78, 5) is 25.3. The fourth-order valence-corrected chi connectivity index (χ4v) is 3.97. The molecular weight excluding hydrogens is 408 g/mol. The quantitative estimate of drug-likeness (QED) is 0.430. The minimum Gasteiger partial charge on any atom is -0.502 e. The molecule has 2 heterocycles. The van der Waals surface area contributed by atoms with Crippen molar-refractivity contribution in [2.24, 2.45) is 7.05 Å². The normalized spacial score (nSPS) is 11.8. The first kappa shape index (κ1) is 21.5. The number of hydrogen-bond acceptors (Lipinski definition) is 8. The van der Waals surface area contributed by atoms with Crippen molar-refractivity contribution in [1.82, 2.24) is 9.78 Å². The van der Waals surface area contributed by atoms with Gasteiger partial charge in [-0.05, 0) is 18.2 Å². The number of aromatic nitrogens is 2. The number of aryl methyl sites for hydroxylation is 1. The molecular formula is C21H22N2O6S. The third-order valence-corrected chi connectivity index (χ3v) is 5.65. The third-order valence-electron chi connectivity index (χ3n) is 4.57. The van der Waals surface area contributed by atoms with Crippen LogP contribution >= 0.6 is 11.8 Å².